The maximum atomic E-state index is 13.5. The Labute approximate surface area is 259 Å². The molecule has 230 valence electrons. The molecule has 5 rings (SSSR count). The number of benzene rings is 4. The van der Waals surface area contributed by atoms with Crippen molar-refractivity contribution < 1.29 is 32.2 Å². The summed E-state index contributed by atoms with van der Waals surface area (Å²) in [5, 5.41) is 7.75. The standard InChI is InChI=1S/C32H24ClF3N4O5/c1-43-26-14-19(15-27(44-2)29(26)45-18-28(41)38-23-12-10-22(33)11-13-23)17-37-40-30(20-6-5-7-21(16-20)32(34,35)36)39-25-9-4-3-8-24(25)31(40)42/h3-17H,18H2,1-2H3,(H,38,41). The van der Waals surface area contributed by atoms with Gasteiger partial charge in [0.25, 0.3) is 11.5 Å². The second-order valence-electron chi connectivity index (χ2n) is 9.49. The van der Waals surface area contributed by atoms with Crippen LogP contribution in [0.1, 0.15) is 11.1 Å². The second kappa shape index (κ2) is 13.1. The molecule has 45 heavy (non-hydrogen) atoms. The zero-order valence-corrected chi connectivity index (χ0v) is 24.5. The number of ether oxygens (including phenoxy) is 3. The topological polar surface area (TPSA) is 104 Å². The highest BCUT2D eigenvalue weighted by Crippen LogP contribution is 2.38. The lowest BCUT2D eigenvalue weighted by atomic mass is 10.1. The first kappa shape index (κ1) is 31.1. The summed E-state index contributed by atoms with van der Waals surface area (Å²) in [5.41, 5.74) is -0.232. The number of para-hydroxylation sites is 1. The predicted octanol–water partition coefficient (Wildman–Crippen LogP) is 6.65. The van der Waals surface area contributed by atoms with Gasteiger partial charge in [-0.15, -0.1) is 0 Å². The number of hydrogen-bond donors (Lipinski definition) is 1. The number of aromatic nitrogens is 2. The summed E-state index contributed by atoms with van der Waals surface area (Å²) in [4.78, 5) is 30.4. The number of alkyl halides is 3. The van der Waals surface area contributed by atoms with Gasteiger partial charge in [-0.05, 0) is 60.7 Å². The number of nitrogens with one attached hydrogen (secondary N) is 1. The zero-order valence-electron chi connectivity index (χ0n) is 23.8. The molecular formula is C32H24ClF3N4O5. The van der Waals surface area contributed by atoms with E-state index in [2.05, 4.69) is 15.4 Å². The highest BCUT2D eigenvalue weighted by atomic mass is 35.5. The molecule has 0 radical (unpaired) electrons. The molecule has 1 amide bonds. The van der Waals surface area contributed by atoms with Gasteiger partial charge in [0.05, 0.1) is 36.9 Å². The summed E-state index contributed by atoms with van der Waals surface area (Å²) in [6, 6.07) is 20.6. The molecule has 0 spiro atoms. The van der Waals surface area contributed by atoms with Crippen LogP contribution >= 0.6 is 11.6 Å². The second-order valence-corrected chi connectivity index (χ2v) is 9.93. The normalized spacial score (nSPS) is 11.5. The third-order valence-electron chi connectivity index (χ3n) is 6.48. The summed E-state index contributed by atoms with van der Waals surface area (Å²) < 4.78 is 58.1. The summed E-state index contributed by atoms with van der Waals surface area (Å²) in [6.45, 7) is -0.374. The third-order valence-corrected chi connectivity index (χ3v) is 6.73. The molecule has 1 aromatic heterocycles. The van der Waals surface area contributed by atoms with Crippen molar-refractivity contribution in [2.75, 3.05) is 26.1 Å². The van der Waals surface area contributed by atoms with Crippen LogP contribution in [0.3, 0.4) is 0 Å². The van der Waals surface area contributed by atoms with Gasteiger partial charge in [-0.25, -0.2) is 4.98 Å². The lowest BCUT2D eigenvalue weighted by molar-refractivity contribution is -0.137. The Hall–Kier alpha value is -5.36. The fourth-order valence-corrected chi connectivity index (χ4v) is 4.49. The highest BCUT2D eigenvalue weighted by molar-refractivity contribution is 6.30. The van der Waals surface area contributed by atoms with E-state index in [1.807, 2.05) is 0 Å². The molecule has 0 saturated heterocycles. The number of hydrogen-bond acceptors (Lipinski definition) is 7. The first-order valence-corrected chi connectivity index (χ1v) is 13.6. The van der Waals surface area contributed by atoms with E-state index in [4.69, 9.17) is 25.8 Å². The number of fused-ring (bicyclic) bond motifs is 1. The van der Waals surface area contributed by atoms with E-state index in [1.165, 1.54) is 44.7 Å². The van der Waals surface area contributed by atoms with Crippen LogP contribution in [0.4, 0.5) is 18.9 Å². The van der Waals surface area contributed by atoms with Crippen molar-refractivity contribution in [3.8, 4) is 28.6 Å². The van der Waals surface area contributed by atoms with Crippen LogP contribution in [0.25, 0.3) is 22.3 Å². The SMILES string of the molecule is COc1cc(C=Nn2c(-c3cccc(C(F)(F)F)c3)nc3ccccc3c2=O)cc(OC)c1OCC(=O)Nc1ccc(Cl)cc1. The molecule has 5 aromatic rings. The molecule has 0 saturated carbocycles. The lowest BCUT2D eigenvalue weighted by Crippen LogP contribution is -2.21. The number of anilines is 1. The number of carbonyl (C=O) groups excluding carboxylic acids is 1. The minimum Gasteiger partial charge on any atom is -0.493 e. The Morgan fingerprint density at radius 3 is 2.33 bits per heavy atom. The first-order valence-electron chi connectivity index (χ1n) is 13.3. The molecule has 1 heterocycles. The summed E-state index contributed by atoms with van der Waals surface area (Å²) in [7, 11) is 2.78. The van der Waals surface area contributed by atoms with Gasteiger partial charge >= 0.3 is 6.18 Å². The lowest BCUT2D eigenvalue weighted by Gasteiger charge is -2.15. The monoisotopic (exact) mass is 636 g/mol. The number of methoxy groups -OCH3 is 2. The number of amides is 1. The Balaban J connectivity index is 1.49. The van der Waals surface area contributed by atoms with Gasteiger partial charge in [0.2, 0.25) is 5.75 Å². The van der Waals surface area contributed by atoms with Gasteiger partial charge in [-0.3, -0.25) is 9.59 Å². The van der Waals surface area contributed by atoms with Gasteiger partial charge in [0.15, 0.2) is 23.9 Å². The smallest absolute Gasteiger partial charge is 0.416 e. The molecule has 1 N–H and O–H groups in total. The third kappa shape index (κ3) is 7.07. The Morgan fingerprint density at radius 2 is 1.67 bits per heavy atom. The fraction of sp³-hybridized carbons (Fsp3) is 0.125. The molecule has 0 fully saturated rings. The van der Waals surface area contributed by atoms with Gasteiger partial charge in [-0.2, -0.15) is 22.9 Å². The van der Waals surface area contributed by atoms with Crippen molar-refractivity contribution >= 4 is 40.3 Å². The summed E-state index contributed by atoms with van der Waals surface area (Å²) >= 11 is 5.88. The van der Waals surface area contributed by atoms with Crippen molar-refractivity contribution in [3.63, 3.8) is 0 Å². The van der Waals surface area contributed by atoms with E-state index in [1.54, 1.807) is 48.5 Å². The molecule has 4 aromatic carbocycles. The van der Waals surface area contributed by atoms with Gasteiger partial charge in [-0.1, -0.05) is 35.9 Å². The molecular weight excluding hydrogens is 613 g/mol. The van der Waals surface area contributed by atoms with Crippen molar-refractivity contribution in [1.82, 2.24) is 9.66 Å². The van der Waals surface area contributed by atoms with Crippen LogP contribution in [0, 0.1) is 0 Å². The number of carbonyl (C=O) groups is 1. The maximum Gasteiger partial charge on any atom is 0.416 e. The van der Waals surface area contributed by atoms with Crippen LogP contribution in [0.2, 0.25) is 5.02 Å². The molecule has 0 bridgehead atoms. The maximum absolute atomic E-state index is 13.5. The average molecular weight is 637 g/mol. The van der Waals surface area contributed by atoms with Crippen LogP contribution in [0.5, 0.6) is 17.2 Å². The van der Waals surface area contributed by atoms with E-state index in [0.29, 0.717) is 21.8 Å². The predicted molar refractivity (Wildman–Crippen MR) is 165 cm³/mol. The number of halogens is 4. The average Bonchev–Trinajstić information content (AvgIpc) is 3.03. The molecule has 0 aliphatic heterocycles. The summed E-state index contributed by atoms with van der Waals surface area (Å²) in [6.07, 6.45) is -3.30. The Morgan fingerprint density at radius 1 is 0.978 bits per heavy atom. The minimum absolute atomic E-state index is 0.0422. The molecule has 13 heteroatoms. The van der Waals surface area contributed by atoms with Crippen molar-refractivity contribution in [1.29, 1.82) is 0 Å². The van der Waals surface area contributed by atoms with Gasteiger partial charge in [0, 0.05) is 21.8 Å². The van der Waals surface area contributed by atoms with Crippen LogP contribution in [-0.2, 0) is 11.0 Å². The Bertz CT molecular complexity index is 1940. The zero-order chi connectivity index (χ0) is 32.1. The van der Waals surface area contributed by atoms with Crippen LogP contribution < -0.4 is 25.1 Å². The molecule has 0 unspecified atom stereocenters. The minimum atomic E-state index is -4.60. The molecule has 0 aliphatic rings. The Kier molecular flexibility index (Phi) is 9.05. The molecule has 0 atom stereocenters. The van der Waals surface area contributed by atoms with E-state index in [-0.39, 0.29) is 40.6 Å². The molecule has 0 aliphatic carbocycles. The van der Waals surface area contributed by atoms with Crippen molar-refractivity contribution in [3.05, 3.63) is 111 Å². The quantitative estimate of drug-likeness (QED) is 0.182. The van der Waals surface area contributed by atoms with Gasteiger partial charge < -0.3 is 19.5 Å². The van der Waals surface area contributed by atoms with E-state index in [9.17, 15) is 22.8 Å². The first-order chi connectivity index (χ1) is 21.6. The van der Waals surface area contributed by atoms with Crippen LogP contribution in [0.15, 0.2) is 94.8 Å². The highest BCUT2D eigenvalue weighted by Gasteiger charge is 2.31. The van der Waals surface area contributed by atoms with E-state index >= 15 is 0 Å². The van der Waals surface area contributed by atoms with Gasteiger partial charge in [0.1, 0.15) is 0 Å². The van der Waals surface area contributed by atoms with Crippen molar-refractivity contribution in [2.24, 2.45) is 5.10 Å². The summed E-state index contributed by atoms with van der Waals surface area (Å²) in [5.74, 6) is -0.0176. The van der Waals surface area contributed by atoms with Crippen LogP contribution in [-0.4, -0.2) is 42.6 Å². The fourth-order valence-electron chi connectivity index (χ4n) is 4.36. The van der Waals surface area contributed by atoms with Crippen molar-refractivity contribution in [2.45, 2.75) is 6.18 Å². The van der Waals surface area contributed by atoms with E-state index in [0.717, 1.165) is 16.8 Å². The molecule has 9 nitrogen and oxygen atoms in total. The largest absolute Gasteiger partial charge is 0.493 e. The van der Waals surface area contributed by atoms with E-state index < -0.39 is 23.2 Å². The number of rotatable bonds is 9. The number of nitrogens with zero attached hydrogens (tertiary/aromatic N) is 3.